The van der Waals surface area contributed by atoms with Crippen molar-refractivity contribution in [3.63, 3.8) is 0 Å². The first-order valence-electron chi connectivity index (χ1n) is 15.0. The third-order valence-electron chi connectivity index (χ3n) is 9.55. The minimum absolute atomic E-state index is 0.102. The highest BCUT2D eigenvalue weighted by atomic mass is 16.5. The largest absolute Gasteiger partial charge is 0.478 e. The summed E-state index contributed by atoms with van der Waals surface area (Å²) < 4.78 is 8.51. The van der Waals surface area contributed by atoms with Gasteiger partial charge in [-0.15, -0.1) is 0 Å². The van der Waals surface area contributed by atoms with Gasteiger partial charge in [0.1, 0.15) is 18.1 Å². The highest BCUT2D eigenvalue weighted by Gasteiger charge is 2.37. The molecule has 1 aliphatic carbocycles. The minimum Gasteiger partial charge on any atom is -0.478 e. The zero-order valence-electron chi connectivity index (χ0n) is 24.2. The van der Waals surface area contributed by atoms with Gasteiger partial charge in [0.2, 0.25) is 5.69 Å². The maximum atomic E-state index is 6.23. The van der Waals surface area contributed by atoms with Gasteiger partial charge in [0.15, 0.2) is 11.9 Å². The second-order valence-corrected chi connectivity index (χ2v) is 12.0. The molecule has 5 heteroatoms. The fourth-order valence-corrected chi connectivity index (χ4v) is 7.24. The standard InChI is InChI=1S/C35H43N4O/c1-6-31-29-14-10-9-13-28(29)30-15-16-33-35(24(3)40-22-36-25(4)38(33)5)34-21-27(20-26-11-7-8-12-26)17-18-39(34)23(2)19-32(30)37-31/h6,9-10,13-14,17-18,21,25-26,30,32,36H,1-3,7-8,11-12,15-16,19-20,22H2,4-5H3/q+1. The van der Waals surface area contributed by atoms with Crippen LogP contribution in [-0.2, 0) is 11.2 Å². The molecule has 0 amide bonds. The summed E-state index contributed by atoms with van der Waals surface area (Å²) in [6, 6.07) is 13.5. The maximum absolute atomic E-state index is 6.23. The van der Waals surface area contributed by atoms with Gasteiger partial charge < -0.3 is 9.64 Å². The lowest BCUT2D eigenvalue weighted by Crippen LogP contribution is -2.45. The van der Waals surface area contributed by atoms with Gasteiger partial charge in [-0.1, -0.05) is 63.1 Å². The quantitative estimate of drug-likeness (QED) is 0.451. The van der Waals surface area contributed by atoms with Gasteiger partial charge in [-0.2, -0.15) is 4.57 Å². The predicted molar refractivity (Wildman–Crippen MR) is 164 cm³/mol. The van der Waals surface area contributed by atoms with Crippen LogP contribution in [0.1, 0.15) is 80.2 Å². The maximum Gasteiger partial charge on any atom is 0.223 e. The van der Waals surface area contributed by atoms with Crippen LogP contribution in [0.5, 0.6) is 0 Å². The van der Waals surface area contributed by atoms with Crippen LogP contribution in [-0.4, -0.2) is 36.6 Å². The van der Waals surface area contributed by atoms with Gasteiger partial charge in [0.05, 0.1) is 24.3 Å². The average molecular weight is 536 g/mol. The zero-order chi connectivity index (χ0) is 27.8. The Balaban J connectivity index is 1.52. The first-order valence-corrected chi connectivity index (χ1v) is 15.0. The Hall–Kier alpha value is -3.44. The van der Waals surface area contributed by atoms with Crippen molar-refractivity contribution in [1.29, 1.82) is 0 Å². The topological polar surface area (TPSA) is 40.7 Å². The van der Waals surface area contributed by atoms with E-state index >= 15 is 0 Å². The molecule has 0 spiro atoms. The number of allylic oxidation sites excluding steroid dienone is 3. The molecule has 1 aromatic heterocycles. The summed E-state index contributed by atoms with van der Waals surface area (Å²) in [6.45, 7) is 15.8. The molecule has 40 heavy (non-hydrogen) atoms. The molecule has 1 saturated carbocycles. The van der Waals surface area contributed by atoms with Crippen molar-refractivity contribution in [2.75, 3.05) is 13.8 Å². The fraction of sp³-hybridized carbons (Fsp3) is 0.429. The van der Waals surface area contributed by atoms with E-state index in [9.17, 15) is 0 Å². The summed E-state index contributed by atoms with van der Waals surface area (Å²) in [5, 5.41) is 3.49. The molecule has 2 aromatic rings. The molecule has 4 aliphatic rings. The molecule has 3 atom stereocenters. The van der Waals surface area contributed by atoms with Crippen molar-refractivity contribution in [3.8, 4) is 0 Å². The van der Waals surface area contributed by atoms with Crippen molar-refractivity contribution >= 4 is 17.0 Å². The highest BCUT2D eigenvalue weighted by molar-refractivity contribution is 6.10. The van der Waals surface area contributed by atoms with E-state index in [1.165, 1.54) is 48.1 Å². The Bertz CT molecular complexity index is 1400. The van der Waals surface area contributed by atoms with Gasteiger partial charge in [-0.25, -0.2) is 0 Å². The van der Waals surface area contributed by atoms with Gasteiger partial charge >= 0.3 is 0 Å². The Labute approximate surface area is 239 Å². The number of benzene rings is 1. The predicted octanol–water partition coefficient (Wildman–Crippen LogP) is 6.58. The average Bonchev–Trinajstić information content (AvgIpc) is 3.47. The van der Waals surface area contributed by atoms with Gasteiger partial charge in [0, 0.05) is 36.4 Å². The fourth-order valence-electron chi connectivity index (χ4n) is 7.24. The molecule has 0 radical (unpaired) electrons. The summed E-state index contributed by atoms with van der Waals surface area (Å²) >= 11 is 0. The van der Waals surface area contributed by atoms with Crippen LogP contribution in [0.4, 0.5) is 0 Å². The Morgan fingerprint density at radius 2 is 1.95 bits per heavy atom. The van der Waals surface area contributed by atoms with Crippen molar-refractivity contribution < 1.29 is 9.30 Å². The number of pyridine rings is 1. The van der Waals surface area contributed by atoms with Gasteiger partial charge in [-0.3, -0.25) is 10.3 Å². The lowest BCUT2D eigenvalue weighted by molar-refractivity contribution is -0.586. The van der Waals surface area contributed by atoms with Crippen LogP contribution in [0.2, 0.25) is 0 Å². The van der Waals surface area contributed by atoms with Gasteiger partial charge in [-0.05, 0) is 55.9 Å². The molecular formula is C35H43N4O+. The molecule has 4 heterocycles. The van der Waals surface area contributed by atoms with Crippen molar-refractivity contribution in [3.05, 3.63) is 102 Å². The normalized spacial score (nSPS) is 27.3. The van der Waals surface area contributed by atoms with E-state index in [0.29, 0.717) is 12.5 Å². The summed E-state index contributed by atoms with van der Waals surface area (Å²) in [5.74, 6) is 1.78. The molecule has 5 nitrogen and oxygen atoms in total. The molecule has 6 rings (SSSR count). The lowest BCUT2D eigenvalue weighted by atomic mass is 9.78. The number of aliphatic imine (C=N–C) groups is 1. The molecular weight excluding hydrogens is 492 g/mol. The molecule has 1 aromatic carbocycles. The van der Waals surface area contributed by atoms with Crippen LogP contribution in [0.3, 0.4) is 0 Å². The molecule has 3 aliphatic heterocycles. The molecule has 0 bridgehead atoms. The van der Waals surface area contributed by atoms with Crippen molar-refractivity contribution in [1.82, 2.24) is 10.2 Å². The van der Waals surface area contributed by atoms with E-state index in [1.807, 2.05) is 6.08 Å². The monoisotopic (exact) mass is 535 g/mol. The highest BCUT2D eigenvalue weighted by Crippen LogP contribution is 2.41. The Kier molecular flexibility index (Phi) is 7.50. The number of fused-ring (bicyclic) bond motifs is 5. The molecule has 208 valence electrons. The van der Waals surface area contributed by atoms with E-state index < -0.39 is 0 Å². The first kappa shape index (κ1) is 26.8. The number of hydrogen-bond donors (Lipinski definition) is 1. The number of ether oxygens (including phenoxy) is 1. The van der Waals surface area contributed by atoms with E-state index in [4.69, 9.17) is 9.73 Å². The third-order valence-corrected chi connectivity index (χ3v) is 9.55. The molecule has 0 saturated heterocycles. The van der Waals surface area contributed by atoms with E-state index in [0.717, 1.165) is 54.3 Å². The summed E-state index contributed by atoms with van der Waals surface area (Å²) in [5.41, 5.74) is 9.46. The van der Waals surface area contributed by atoms with E-state index in [2.05, 4.69) is 91.1 Å². The first-order chi connectivity index (χ1) is 19.4. The number of nitrogens with zero attached hydrogens (tertiary/aromatic N) is 3. The van der Waals surface area contributed by atoms with Crippen LogP contribution in [0, 0.1) is 5.92 Å². The molecule has 1 fully saturated rings. The molecule has 1 N–H and O–H groups in total. The third kappa shape index (κ3) is 4.96. The summed E-state index contributed by atoms with van der Waals surface area (Å²) in [6.07, 6.45) is 13.4. The summed E-state index contributed by atoms with van der Waals surface area (Å²) in [7, 11) is 2.19. The van der Waals surface area contributed by atoms with E-state index in [1.54, 1.807) is 0 Å². The van der Waals surface area contributed by atoms with E-state index in [-0.39, 0.29) is 18.1 Å². The second-order valence-electron chi connectivity index (χ2n) is 12.0. The minimum atomic E-state index is 0.102. The summed E-state index contributed by atoms with van der Waals surface area (Å²) in [4.78, 5) is 7.65. The van der Waals surface area contributed by atoms with Crippen molar-refractivity contribution in [2.24, 2.45) is 10.9 Å². The smallest absolute Gasteiger partial charge is 0.223 e. The lowest BCUT2D eigenvalue weighted by Gasteiger charge is -2.37. The Morgan fingerprint density at radius 3 is 2.75 bits per heavy atom. The van der Waals surface area contributed by atoms with Crippen molar-refractivity contribution in [2.45, 2.75) is 76.4 Å². The zero-order valence-corrected chi connectivity index (χ0v) is 24.2. The van der Waals surface area contributed by atoms with Crippen LogP contribution < -0.4 is 9.88 Å². The number of aromatic nitrogens is 1. The Morgan fingerprint density at radius 1 is 1.15 bits per heavy atom. The molecule has 3 unspecified atom stereocenters. The second kappa shape index (κ2) is 11.2. The van der Waals surface area contributed by atoms with Crippen LogP contribution >= 0.6 is 0 Å². The number of rotatable bonds is 3. The van der Waals surface area contributed by atoms with Crippen LogP contribution in [0.15, 0.2) is 84.9 Å². The van der Waals surface area contributed by atoms with Crippen LogP contribution in [0.25, 0.3) is 11.3 Å². The SMILES string of the molecule is C=CC1=NC2CC(=C)[n+]3ccc(CC4CCCC4)cc3/C3=C(\CCC2c2ccccc21)N(C)C(C)NCOC3=C. The number of nitrogens with one attached hydrogen (secondary N) is 1. The van der Waals surface area contributed by atoms with Gasteiger partial charge in [0.25, 0.3) is 0 Å². The number of hydrogen-bond acceptors (Lipinski definition) is 4.